The Kier molecular flexibility index (Phi) is 5.36. The lowest BCUT2D eigenvalue weighted by Gasteiger charge is -2.20. The minimum Gasteiger partial charge on any atom is -0.388 e. The van der Waals surface area contributed by atoms with E-state index in [4.69, 9.17) is 9.47 Å². The van der Waals surface area contributed by atoms with Crippen LogP contribution in [0.2, 0.25) is 0 Å². The van der Waals surface area contributed by atoms with Crippen LogP contribution in [-0.2, 0) is 16.5 Å². The van der Waals surface area contributed by atoms with Crippen LogP contribution in [0.1, 0.15) is 12.6 Å². The molecule has 0 radical (unpaired) electrons. The largest absolute Gasteiger partial charge is 0.388 e. The number of rotatable bonds is 5. The Labute approximate surface area is 135 Å². The van der Waals surface area contributed by atoms with Gasteiger partial charge >= 0.3 is 5.69 Å². The molecule has 1 aromatic rings. The fourth-order valence-electron chi connectivity index (χ4n) is 2.69. The standard InChI is InChI=1S/C15H25N2O5P/c1-16-11(18)6-8-17(15(16)20)14-13(21-2)12(19)10(22-14)7-9-23(3,4)5/h6,8,10,12-14,19H,3,7,9H2,1-2,4-5H3/t10-,12-,13-,14?/m1/s1. The van der Waals surface area contributed by atoms with Gasteiger partial charge in [-0.15, -0.1) is 13.2 Å². The SMILES string of the molecule is C=P(C)(C)CC[C@H]1OC(n2ccc(=O)n(C)c2=O)[C@H](OC)[C@@H]1O. The van der Waals surface area contributed by atoms with Crippen molar-refractivity contribution >= 4 is 13.2 Å². The van der Waals surface area contributed by atoms with Crippen LogP contribution in [0.5, 0.6) is 0 Å². The van der Waals surface area contributed by atoms with Gasteiger partial charge in [0.1, 0.15) is 12.2 Å². The van der Waals surface area contributed by atoms with Crippen molar-refractivity contribution in [3.63, 3.8) is 0 Å². The third-order valence-electron chi connectivity index (χ3n) is 4.09. The van der Waals surface area contributed by atoms with E-state index in [2.05, 4.69) is 19.6 Å². The van der Waals surface area contributed by atoms with Gasteiger partial charge < -0.3 is 14.6 Å². The highest BCUT2D eigenvalue weighted by molar-refractivity contribution is 7.72. The molecule has 1 aromatic heterocycles. The fourth-order valence-corrected chi connectivity index (χ4v) is 3.65. The number of aliphatic hydroxyl groups is 1. The normalized spacial score (nSPS) is 28.2. The Morgan fingerprint density at radius 3 is 2.65 bits per heavy atom. The van der Waals surface area contributed by atoms with Gasteiger partial charge in [0, 0.05) is 26.4 Å². The molecule has 0 amide bonds. The Morgan fingerprint density at radius 2 is 2.09 bits per heavy atom. The van der Waals surface area contributed by atoms with Gasteiger partial charge in [-0.1, -0.05) is 0 Å². The van der Waals surface area contributed by atoms with Gasteiger partial charge in [-0.25, -0.2) is 4.79 Å². The lowest BCUT2D eigenvalue weighted by atomic mass is 10.1. The quantitative estimate of drug-likeness (QED) is 0.756. The molecular weight excluding hydrogens is 319 g/mol. The monoisotopic (exact) mass is 344 g/mol. The van der Waals surface area contributed by atoms with Gasteiger partial charge in [-0.2, -0.15) is 0 Å². The zero-order valence-corrected chi connectivity index (χ0v) is 14.9. The average molecular weight is 344 g/mol. The van der Waals surface area contributed by atoms with Crippen molar-refractivity contribution in [3.8, 4) is 0 Å². The van der Waals surface area contributed by atoms with Gasteiger partial charge in [-0.3, -0.25) is 13.9 Å². The first kappa shape index (κ1) is 18.2. The van der Waals surface area contributed by atoms with Crippen molar-refractivity contribution in [1.82, 2.24) is 9.13 Å². The molecule has 0 aliphatic carbocycles. The summed E-state index contributed by atoms with van der Waals surface area (Å²) in [6.07, 6.45) is 4.39. The lowest BCUT2D eigenvalue weighted by Crippen LogP contribution is -2.42. The van der Waals surface area contributed by atoms with Crippen LogP contribution in [0.3, 0.4) is 0 Å². The van der Waals surface area contributed by atoms with E-state index in [1.54, 1.807) is 0 Å². The summed E-state index contributed by atoms with van der Waals surface area (Å²) in [7, 11) is 2.87. The Balaban J connectivity index is 2.29. The van der Waals surface area contributed by atoms with Crippen molar-refractivity contribution in [1.29, 1.82) is 0 Å². The van der Waals surface area contributed by atoms with E-state index in [9.17, 15) is 14.7 Å². The summed E-state index contributed by atoms with van der Waals surface area (Å²) in [6.45, 7) is 3.01. The maximum absolute atomic E-state index is 12.3. The second-order valence-electron chi connectivity index (χ2n) is 6.61. The summed E-state index contributed by atoms with van der Waals surface area (Å²) in [6, 6.07) is 1.29. The molecule has 1 fully saturated rings. The first-order valence-electron chi connectivity index (χ1n) is 7.47. The van der Waals surface area contributed by atoms with Gasteiger partial charge in [0.25, 0.3) is 5.56 Å². The Bertz CT molecular complexity index is 719. The number of hydrogen-bond donors (Lipinski definition) is 1. The van der Waals surface area contributed by atoms with Crippen LogP contribution in [-0.4, -0.2) is 65.5 Å². The number of nitrogens with zero attached hydrogens (tertiary/aromatic N) is 2. The molecule has 1 aliphatic heterocycles. The van der Waals surface area contributed by atoms with Crippen LogP contribution in [0.4, 0.5) is 0 Å². The summed E-state index contributed by atoms with van der Waals surface area (Å²) in [5, 5.41) is 10.5. The fraction of sp³-hybridized carbons (Fsp3) is 0.667. The highest BCUT2D eigenvalue weighted by Gasteiger charge is 2.45. The predicted molar refractivity (Wildman–Crippen MR) is 92.0 cm³/mol. The van der Waals surface area contributed by atoms with Gasteiger partial charge in [0.2, 0.25) is 0 Å². The summed E-state index contributed by atoms with van der Waals surface area (Å²) >= 11 is 0. The van der Waals surface area contributed by atoms with Crippen LogP contribution in [0.25, 0.3) is 0 Å². The number of ether oxygens (including phenoxy) is 2. The molecule has 0 bridgehead atoms. The molecular formula is C15H25N2O5P. The van der Waals surface area contributed by atoms with E-state index >= 15 is 0 Å². The van der Waals surface area contributed by atoms with Crippen molar-refractivity contribution in [3.05, 3.63) is 33.1 Å². The van der Waals surface area contributed by atoms with E-state index < -0.39 is 37.1 Å². The van der Waals surface area contributed by atoms with Crippen LogP contribution in [0, 0.1) is 0 Å². The van der Waals surface area contributed by atoms with E-state index in [1.807, 2.05) is 0 Å². The van der Waals surface area contributed by atoms with Crippen molar-refractivity contribution in [2.45, 2.75) is 31.0 Å². The van der Waals surface area contributed by atoms with Crippen molar-refractivity contribution in [2.75, 3.05) is 26.6 Å². The van der Waals surface area contributed by atoms with Crippen molar-refractivity contribution in [2.24, 2.45) is 7.05 Å². The molecule has 130 valence electrons. The Hall–Kier alpha value is -1.14. The third kappa shape index (κ3) is 3.86. The van der Waals surface area contributed by atoms with Crippen LogP contribution in [0.15, 0.2) is 21.9 Å². The second kappa shape index (κ2) is 6.77. The first-order chi connectivity index (χ1) is 10.7. The van der Waals surface area contributed by atoms with Crippen LogP contribution < -0.4 is 11.2 Å². The molecule has 0 aromatic carbocycles. The molecule has 1 unspecified atom stereocenters. The minimum atomic E-state index is -1.23. The Morgan fingerprint density at radius 1 is 1.43 bits per heavy atom. The zero-order valence-electron chi connectivity index (χ0n) is 14.0. The molecule has 7 nitrogen and oxygen atoms in total. The minimum absolute atomic E-state index is 0.390. The summed E-state index contributed by atoms with van der Waals surface area (Å²) in [5.74, 6) is 0. The average Bonchev–Trinajstić information content (AvgIpc) is 2.78. The number of aromatic nitrogens is 2. The lowest BCUT2D eigenvalue weighted by molar-refractivity contribution is -0.0546. The molecule has 23 heavy (non-hydrogen) atoms. The van der Waals surface area contributed by atoms with E-state index in [0.29, 0.717) is 6.42 Å². The van der Waals surface area contributed by atoms with Crippen LogP contribution >= 0.6 is 6.89 Å². The van der Waals surface area contributed by atoms with Gasteiger partial charge in [0.05, 0.1) is 6.10 Å². The molecule has 1 N–H and O–H groups in total. The number of hydrogen-bond acceptors (Lipinski definition) is 5. The maximum Gasteiger partial charge on any atom is 0.332 e. The number of aliphatic hydroxyl groups excluding tert-OH is 1. The van der Waals surface area contributed by atoms with E-state index in [-0.39, 0.29) is 5.56 Å². The molecule has 0 saturated carbocycles. The molecule has 0 spiro atoms. The molecule has 1 saturated heterocycles. The molecule has 2 heterocycles. The molecule has 8 heteroatoms. The summed E-state index contributed by atoms with van der Waals surface area (Å²) < 4.78 is 13.5. The molecule has 1 aliphatic rings. The molecule has 2 rings (SSSR count). The first-order valence-corrected chi connectivity index (χ1v) is 10.5. The third-order valence-corrected chi connectivity index (χ3v) is 5.56. The van der Waals surface area contributed by atoms with Crippen molar-refractivity contribution < 1.29 is 14.6 Å². The summed E-state index contributed by atoms with van der Waals surface area (Å²) in [5.41, 5.74) is -0.888. The summed E-state index contributed by atoms with van der Waals surface area (Å²) in [4.78, 5) is 23.8. The smallest absolute Gasteiger partial charge is 0.332 e. The second-order valence-corrected chi connectivity index (χ2v) is 10.9. The molecule has 4 atom stereocenters. The predicted octanol–water partition coefficient (Wildman–Crippen LogP) is -0.0804. The topological polar surface area (TPSA) is 82.7 Å². The van der Waals surface area contributed by atoms with Gasteiger partial charge in [0.15, 0.2) is 6.23 Å². The highest BCUT2D eigenvalue weighted by Crippen LogP contribution is 2.39. The zero-order chi connectivity index (χ0) is 17.4. The van der Waals surface area contributed by atoms with Gasteiger partial charge in [-0.05, 0) is 25.9 Å². The van der Waals surface area contributed by atoms with E-state index in [0.717, 1.165) is 10.7 Å². The maximum atomic E-state index is 12.3. The highest BCUT2D eigenvalue weighted by atomic mass is 31.2. The van der Waals surface area contributed by atoms with E-state index in [1.165, 1.54) is 31.0 Å². The number of methoxy groups -OCH3 is 1.